The topological polar surface area (TPSA) is 82.1 Å². The highest BCUT2D eigenvalue weighted by Gasteiger charge is 2.35. The molecule has 4 rings (SSSR count). The van der Waals surface area contributed by atoms with Crippen molar-refractivity contribution in [2.75, 3.05) is 20.8 Å². The first-order valence-corrected chi connectivity index (χ1v) is 12.1. The van der Waals surface area contributed by atoms with Crippen LogP contribution in [0.25, 0.3) is 0 Å². The van der Waals surface area contributed by atoms with Crippen LogP contribution in [-0.4, -0.2) is 49.2 Å². The van der Waals surface area contributed by atoms with Crippen LogP contribution < -0.4 is 4.74 Å². The number of piperidine rings is 1. The lowest BCUT2D eigenvalue weighted by molar-refractivity contribution is -0.121. The molecule has 1 saturated heterocycles. The van der Waals surface area contributed by atoms with Crippen molar-refractivity contribution in [2.24, 2.45) is 0 Å². The Morgan fingerprint density at radius 3 is 2.33 bits per heavy atom. The first-order chi connectivity index (χ1) is 17.3. The van der Waals surface area contributed by atoms with Gasteiger partial charge in [0, 0.05) is 30.2 Å². The fraction of sp³-hybridized carbons (Fsp3) is 0.345. The van der Waals surface area contributed by atoms with E-state index in [-0.39, 0.29) is 35.7 Å². The Labute approximate surface area is 211 Å². The van der Waals surface area contributed by atoms with Crippen molar-refractivity contribution in [1.29, 1.82) is 0 Å². The standard InChI is InChI=1S/C29H31NO6/c1-18-10-8-9-15-30(18)29(33)23-17-20(13-14-24(23)36-21-11-6-5-7-12-21)16-22-19(2)25(31)27(34-3)28(35-4)26(22)32/h5-7,11-14,17-18H,8-10,15-16H2,1-4H3. The van der Waals surface area contributed by atoms with Crippen molar-refractivity contribution in [3.63, 3.8) is 0 Å². The predicted molar refractivity (Wildman–Crippen MR) is 135 cm³/mol. The number of amides is 1. The summed E-state index contributed by atoms with van der Waals surface area (Å²) in [5.41, 5.74) is 1.77. The Kier molecular flexibility index (Phi) is 7.58. The number of Topliss-reactive ketones (excluding diaryl/α,β-unsaturated/α-hetero) is 2. The van der Waals surface area contributed by atoms with E-state index >= 15 is 0 Å². The highest BCUT2D eigenvalue weighted by atomic mass is 16.5. The number of ether oxygens (including phenoxy) is 3. The molecular weight excluding hydrogens is 458 g/mol. The Morgan fingerprint density at radius 1 is 0.972 bits per heavy atom. The number of benzene rings is 2. The molecule has 7 heteroatoms. The van der Waals surface area contributed by atoms with E-state index in [1.807, 2.05) is 41.3 Å². The van der Waals surface area contributed by atoms with E-state index in [2.05, 4.69) is 6.92 Å². The lowest BCUT2D eigenvalue weighted by Gasteiger charge is -2.34. The first kappa shape index (κ1) is 25.2. The van der Waals surface area contributed by atoms with E-state index in [4.69, 9.17) is 14.2 Å². The number of likely N-dealkylation sites (tertiary alicyclic amines) is 1. The monoisotopic (exact) mass is 489 g/mol. The molecule has 0 aromatic heterocycles. The maximum absolute atomic E-state index is 13.7. The molecule has 0 spiro atoms. The van der Waals surface area contributed by atoms with Gasteiger partial charge in [-0.3, -0.25) is 14.4 Å². The maximum atomic E-state index is 13.7. The number of nitrogens with zero attached hydrogens (tertiary/aromatic N) is 1. The van der Waals surface area contributed by atoms with Gasteiger partial charge in [0.2, 0.25) is 23.1 Å². The fourth-order valence-corrected chi connectivity index (χ4v) is 4.72. The van der Waals surface area contributed by atoms with Gasteiger partial charge in [-0.2, -0.15) is 0 Å². The molecule has 36 heavy (non-hydrogen) atoms. The quantitative estimate of drug-likeness (QED) is 0.509. The van der Waals surface area contributed by atoms with Crippen LogP contribution in [0, 0.1) is 0 Å². The second kappa shape index (κ2) is 10.8. The number of rotatable bonds is 7. The summed E-state index contributed by atoms with van der Waals surface area (Å²) in [6, 6.07) is 14.8. The van der Waals surface area contributed by atoms with Crippen molar-refractivity contribution in [3.05, 3.63) is 82.3 Å². The summed E-state index contributed by atoms with van der Waals surface area (Å²) in [6.07, 6.45) is 3.18. The van der Waals surface area contributed by atoms with Crippen molar-refractivity contribution in [1.82, 2.24) is 4.90 Å². The van der Waals surface area contributed by atoms with E-state index < -0.39 is 5.78 Å². The molecule has 1 heterocycles. The Morgan fingerprint density at radius 2 is 1.67 bits per heavy atom. The van der Waals surface area contributed by atoms with E-state index in [0.717, 1.165) is 24.8 Å². The van der Waals surface area contributed by atoms with Gasteiger partial charge in [0.1, 0.15) is 11.5 Å². The summed E-state index contributed by atoms with van der Waals surface area (Å²) in [7, 11) is 2.67. The lowest BCUT2D eigenvalue weighted by atomic mass is 9.88. The molecule has 1 aliphatic carbocycles. The van der Waals surface area contributed by atoms with Crippen LogP contribution in [0.4, 0.5) is 0 Å². The van der Waals surface area contributed by atoms with Crippen LogP contribution in [-0.2, 0) is 25.5 Å². The third-order valence-corrected chi connectivity index (χ3v) is 6.78. The summed E-state index contributed by atoms with van der Waals surface area (Å²) in [5, 5.41) is 0. The molecular formula is C29H31NO6. The molecule has 1 amide bonds. The van der Waals surface area contributed by atoms with Crippen molar-refractivity contribution in [2.45, 2.75) is 45.6 Å². The molecule has 1 unspecified atom stereocenters. The van der Waals surface area contributed by atoms with Crippen LogP contribution in [0.3, 0.4) is 0 Å². The molecule has 2 aliphatic rings. The molecule has 188 valence electrons. The number of hydrogen-bond acceptors (Lipinski definition) is 6. The lowest BCUT2D eigenvalue weighted by Crippen LogP contribution is -2.42. The molecule has 1 aliphatic heterocycles. The predicted octanol–water partition coefficient (Wildman–Crippen LogP) is 5.01. The number of methoxy groups -OCH3 is 2. The number of hydrogen-bond donors (Lipinski definition) is 0. The van der Waals surface area contributed by atoms with E-state index in [1.54, 1.807) is 19.1 Å². The summed E-state index contributed by atoms with van der Waals surface area (Å²) in [5.74, 6) is -0.00930. The summed E-state index contributed by atoms with van der Waals surface area (Å²) in [4.78, 5) is 41.5. The van der Waals surface area contributed by atoms with E-state index in [0.29, 0.717) is 34.8 Å². The Hall–Kier alpha value is -3.87. The maximum Gasteiger partial charge on any atom is 0.257 e. The van der Waals surface area contributed by atoms with Crippen molar-refractivity contribution < 1.29 is 28.6 Å². The Bertz CT molecular complexity index is 1240. The van der Waals surface area contributed by atoms with Crippen molar-refractivity contribution in [3.8, 4) is 11.5 Å². The summed E-state index contributed by atoms with van der Waals surface area (Å²) in [6.45, 7) is 4.36. The van der Waals surface area contributed by atoms with Crippen LogP contribution in [0.1, 0.15) is 49.0 Å². The largest absolute Gasteiger partial charge is 0.489 e. The van der Waals surface area contributed by atoms with Gasteiger partial charge >= 0.3 is 0 Å². The number of para-hydroxylation sites is 1. The molecule has 7 nitrogen and oxygen atoms in total. The fourth-order valence-electron chi connectivity index (χ4n) is 4.72. The highest BCUT2D eigenvalue weighted by Crippen LogP contribution is 2.32. The number of allylic oxidation sites excluding steroid dienone is 2. The number of carbonyl (C=O) groups is 3. The number of ketones is 2. The smallest absolute Gasteiger partial charge is 0.257 e. The summed E-state index contributed by atoms with van der Waals surface area (Å²) < 4.78 is 16.4. The van der Waals surface area contributed by atoms with Crippen LogP contribution in [0.2, 0.25) is 0 Å². The second-order valence-corrected chi connectivity index (χ2v) is 9.09. The molecule has 0 N–H and O–H groups in total. The van der Waals surface area contributed by atoms with Gasteiger partial charge in [-0.1, -0.05) is 24.3 Å². The van der Waals surface area contributed by atoms with Gasteiger partial charge in [0.25, 0.3) is 5.91 Å². The molecule has 2 aromatic carbocycles. The van der Waals surface area contributed by atoms with E-state index in [9.17, 15) is 14.4 Å². The normalized spacial score (nSPS) is 18.4. The Balaban J connectivity index is 1.71. The zero-order valence-corrected chi connectivity index (χ0v) is 21.1. The zero-order valence-electron chi connectivity index (χ0n) is 21.1. The van der Waals surface area contributed by atoms with Crippen molar-refractivity contribution >= 4 is 17.5 Å². The van der Waals surface area contributed by atoms with Gasteiger partial charge in [-0.15, -0.1) is 0 Å². The third kappa shape index (κ3) is 4.91. The summed E-state index contributed by atoms with van der Waals surface area (Å²) >= 11 is 0. The minimum Gasteiger partial charge on any atom is -0.489 e. The molecule has 1 atom stereocenters. The minimum atomic E-state index is -0.395. The van der Waals surface area contributed by atoms with Gasteiger partial charge in [0.05, 0.1) is 19.8 Å². The van der Waals surface area contributed by atoms with Gasteiger partial charge < -0.3 is 19.1 Å². The van der Waals surface area contributed by atoms with Gasteiger partial charge in [0.15, 0.2) is 0 Å². The van der Waals surface area contributed by atoms with E-state index in [1.165, 1.54) is 14.2 Å². The minimum absolute atomic E-state index is 0.0923. The first-order valence-electron chi connectivity index (χ1n) is 12.1. The van der Waals surface area contributed by atoms with Crippen LogP contribution in [0.5, 0.6) is 11.5 Å². The second-order valence-electron chi connectivity index (χ2n) is 9.09. The van der Waals surface area contributed by atoms with Gasteiger partial charge in [-0.05, 0) is 62.9 Å². The average Bonchev–Trinajstić information content (AvgIpc) is 2.89. The van der Waals surface area contributed by atoms with Crippen LogP contribution >= 0.6 is 0 Å². The van der Waals surface area contributed by atoms with Gasteiger partial charge in [-0.25, -0.2) is 0 Å². The zero-order chi connectivity index (χ0) is 25.8. The molecule has 0 radical (unpaired) electrons. The van der Waals surface area contributed by atoms with Crippen LogP contribution in [0.15, 0.2) is 71.2 Å². The average molecular weight is 490 g/mol. The highest BCUT2D eigenvalue weighted by molar-refractivity contribution is 6.23. The SMILES string of the molecule is COC1=C(OC)C(=O)C(Cc2ccc(Oc3ccccc3)c(C(=O)N3CCCCC3C)c2)=C(C)C1=O. The molecule has 1 fully saturated rings. The molecule has 2 aromatic rings. The third-order valence-electron chi connectivity index (χ3n) is 6.78. The molecule has 0 bridgehead atoms. The number of carbonyl (C=O) groups excluding carboxylic acids is 3. The molecule has 0 saturated carbocycles.